The lowest BCUT2D eigenvalue weighted by Gasteiger charge is -2.18. The molecule has 4 aromatic rings. The number of hydrogen-bond donors (Lipinski definition) is 2. The number of hydrogen-bond acceptors (Lipinski definition) is 7. The number of nitrogens with two attached hydrogens (primary N) is 1. The number of benzene rings is 2. The molecule has 1 fully saturated rings. The van der Waals surface area contributed by atoms with E-state index < -0.39 is 17.7 Å². The van der Waals surface area contributed by atoms with Crippen molar-refractivity contribution in [3.63, 3.8) is 0 Å². The second-order valence-electron chi connectivity index (χ2n) is 9.59. The summed E-state index contributed by atoms with van der Waals surface area (Å²) >= 11 is 0. The van der Waals surface area contributed by atoms with Crippen LogP contribution in [0, 0.1) is 19.7 Å². The van der Waals surface area contributed by atoms with E-state index in [4.69, 9.17) is 10.5 Å². The summed E-state index contributed by atoms with van der Waals surface area (Å²) in [6, 6.07) is 8.77. The molecule has 2 aromatic carbocycles. The van der Waals surface area contributed by atoms with Crippen molar-refractivity contribution in [2.75, 3.05) is 12.4 Å². The first-order chi connectivity index (χ1) is 18.3. The number of fused-ring (bicyclic) bond motifs is 1. The number of nitrogens with one attached hydrogen (secondary N) is 1. The first-order valence-corrected chi connectivity index (χ1v) is 12.5. The molecule has 0 bridgehead atoms. The molecule has 2 aromatic heterocycles. The number of rotatable bonds is 6. The van der Waals surface area contributed by atoms with Crippen molar-refractivity contribution in [1.82, 2.24) is 15.0 Å². The molecule has 2 heterocycles. The number of carbonyl (C=O) groups excluding carboxylic acids is 2. The van der Waals surface area contributed by atoms with Crippen LogP contribution in [0.1, 0.15) is 69.4 Å². The Labute approximate surface area is 219 Å². The van der Waals surface area contributed by atoms with Gasteiger partial charge in [0.1, 0.15) is 11.3 Å². The molecular weight excluding hydrogens is 485 g/mol. The van der Waals surface area contributed by atoms with Crippen molar-refractivity contribution in [3.05, 3.63) is 76.8 Å². The van der Waals surface area contributed by atoms with Crippen LogP contribution in [0.25, 0.3) is 22.0 Å². The fourth-order valence-corrected chi connectivity index (χ4v) is 5.21. The maximum Gasteiger partial charge on any atom is 0.337 e. The van der Waals surface area contributed by atoms with E-state index in [1.54, 1.807) is 38.2 Å². The van der Waals surface area contributed by atoms with Gasteiger partial charge in [-0.1, -0.05) is 18.9 Å². The van der Waals surface area contributed by atoms with E-state index in [0.29, 0.717) is 50.9 Å². The lowest BCUT2D eigenvalue weighted by molar-refractivity contribution is 0.0600. The molecule has 1 aliphatic carbocycles. The van der Waals surface area contributed by atoms with Crippen molar-refractivity contribution >= 4 is 34.2 Å². The molecule has 0 spiro atoms. The highest BCUT2D eigenvalue weighted by Crippen LogP contribution is 2.38. The minimum Gasteiger partial charge on any atom is -0.465 e. The van der Waals surface area contributed by atoms with Crippen LogP contribution in [0.4, 0.5) is 15.8 Å². The molecule has 1 aliphatic rings. The number of carbonyl (C=O) groups is 2. The van der Waals surface area contributed by atoms with E-state index >= 15 is 4.39 Å². The number of nitrogens with zero attached hydrogens (tertiary/aromatic N) is 3. The molecule has 0 unspecified atom stereocenters. The van der Waals surface area contributed by atoms with Crippen molar-refractivity contribution in [2.45, 2.75) is 45.4 Å². The molecule has 38 heavy (non-hydrogen) atoms. The average Bonchev–Trinajstić information content (AvgIpc) is 3.44. The third-order valence-corrected chi connectivity index (χ3v) is 7.11. The van der Waals surface area contributed by atoms with E-state index in [1.165, 1.54) is 13.3 Å². The number of amides is 1. The Morgan fingerprint density at radius 3 is 2.50 bits per heavy atom. The minimum atomic E-state index is -0.714. The number of anilines is 2. The molecule has 0 radical (unpaired) electrons. The Morgan fingerprint density at radius 1 is 1.05 bits per heavy atom. The third kappa shape index (κ3) is 4.67. The second kappa shape index (κ2) is 10.2. The van der Waals surface area contributed by atoms with Gasteiger partial charge >= 0.3 is 5.97 Å². The van der Waals surface area contributed by atoms with Gasteiger partial charge in [0.15, 0.2) is 5.82 Å². The Morgan fingerprint density at radius 2 is 1.82 bits per heavy atom. The molecule has 0 saturated heterocycles. The van der Waals surface area contributed by atoms with E-state index in [1.807, 2.05) is 12.1 Å². The zero-order chi connectivity index (χ0) is 27.0. The summed E-state index contributed by atoms with van der Waals surface area (Å²) in [5.41, 5.74) is 9.62. The molecular formula is C29H28FN5O3. The van der Waals surface area contributed by atoms with Crippen LogP contribution >= 0.6 is 0 Å². The number of pyridine rings is 1. The van der Waals surface area contributed by atoms with E-state index in [9.17, 15) is 9.59 Å². The fourth-order valence-electron chi connectivity index (χ4n) is 5.21. The summed E-state index contributed by atoms with van der Waals surface area (Å²) < 4.78 is 20.8. The van der Waals surface area contributed by atoms with Gasteiger partial charge in [-0.05, 0) is 62.4 Å². The third-order valence-electron chi connectivity index (χ3n) is 7.11. The first-order valence-electron chi connectivity index (χ1n) is 12.5. The average molecular weight is 514 g/mol. The standard InChI is InChI=1S/C29H28FN5O3/c1-15-23(13-32-16(2)34-15)21-8-9-22-26(24(28(31)36)14-33-27(22)25(21)30)35-20-11-18(17-6-4-5-7-17)10-19(12-20)29(37)38-3/h8-14,17H,4-7H2,1-3H3,(H2,31,36)(H,33,35). The highest BCUT2D eigenvalue weighted by molar-refractivity contribution is 6.08. The first kappa shape index (κ1) is 25.3. The summed E-state index contributed by atoms with van der Waals surface area (Å²) in [5, 5.41) is 3.62. The van der Waals surface area contributed by atoms with Crippen LogP contribution in [0.3, 0.4) is 0 Å². The smallest absolute Gasteiger partial charge is 0.337 e. The van der Waals surface area contributed by atoms with Gasteiger partial charge in [-0.3, -0.25) is 9.78 Å². The fraction of sp³-hybridized carbons (Fsp3) is 0.276. The minimum absolute atomic E-state index is 0.0649. The van der Waals surface area contributed by atoms with E-state index in [-0.39, 0.29) is 11.1 Å². The highest BCUT2D eigenvalue weighted by Gasteiger charge is 2.22. The van der Waals surface area contributed by atoms with Gasteiger partial charge in [0.25, 0.3) is 5.91 Å². The Kier molecular flexibility index (Phi) is 6.75. The van der Waals surface area contributed by atoms with Crippen LogP contribution < -0.4 is 11.1 Å². The maximum atomic E-state index is 15.8. The molecule has 5 rings (SSSR count). The molecule has 0 atom stereocenters. The Bertz CT molecular complexity index is 1580. The topological polar surface area (TPSA) is 120 Å². The number of aromatic nitrogens is 3. The lowest BCUT2D eigenvalue weighted by Crippen LogP contribution is -2.15. The highest BCUT2D eigenvalue weighted by atomic mass is 19.1. The zero-order valence-corrected chi connectivity index (χ0v) is 21.5. The summed E-state index contributed by atoms with van der Waals surface area (Å²) in [4.78, 5) is 37.6. The molecule has 8 nitrogen and oxygen atoms in total. The monoisotopic (exact) mass is 513 g/mol. The molecule has 9 heteroatoms. The number of ether oxygens (including phenoxy) is 1. The molecule has 3 N–H and O–H groups in total. The van der Waals surface area contributed by atoms with Gasteiger partial charge in [-0.25, -0.2) is 19.2 Å². The van der Waals surface area contributed by atoms with Crippen LogP contribution in [0.5, 0.6) is 0 Å². The number of primary amides is 1. The van der Waals surface area contributed by atoms with Crippen LogP contribution in [-0.2, 0) is 4.74 Å². The zero-order valence-electron chi connectivity index (χ0n) is 21.5. The van der Waals surface area contributed by atoms with Gasteiger partial charge < -0.3 is 15.8 Å². The van der Waals surface area contributed by atoms with E-state index in [0.717, 1.165) is 31.2 Å². The predicted molar refractivity (Wildman–Crippen MR) is 143 cm³/mol. The van der Waals surface area contributed by atoms with Gasteiger partial charge in [0.2, 0.25) is 0 Å². The van der Waals surface area contributed by atoms with Gasteiger partial charge in [0, 0.05) is 40.3 Å². The van der Waals surface area contributed by atoms with Crippen LogP contribution in [-0.4, -0.2) is 33.9 Å². The van der Waals surface area contributed by atoms with Crippen LogP contribution in [0.2, 0.25) is 0 Å². The predicted octanol–water partition coefficient (Wildman–Crippen LogP) is 5.73. The maximum absolute atomic E-state index is 15.8. The molecule has 1 saturated carbocycles. The normalized spacial score (nSPS) is 13.6. The number of halogens is 1. The molecule has 194 valence electrons. The summed E-state index contributed by atoms with van der Waals surface area (Å²) in [7, 11) is 1.33. The van der Waals surface area contributed by atoms with Crippen molar-refractivity contribution in [2.24, 2.45) is 5.73 Å². The SMILES string of the molecule is COC(=O)c1cc(Nc2c(C(N)=O)cnc3c(F)c(-c4cnc(C)nc4C)ccc23)cc(C2CCCC2)c1. The largest absolute Gasteiger partial charge is 0.465 e. The summed E-state index contributed by atoms with van der Waals surface area (Å²) in [6.07, 6.45) is 7.17. The van der Waals surface area contributed by atoms with Crippen molar-refractivity contribution < 1.29 is 18.7 Å². The summed E-state index contributed by atoms with van der Waals surface area (Å²) in [5.74, 6) is -0.824. The lowest BCUT2D eigenvalue weighted by atomic mass is 9.95. The number of aryl methyl sites for hydroxylation is 2. The molecule has 0 aliphatic heterocycles. The van der Waals surface area contributed by atoms with Crippen molar-refractivity contribution in [1.29, 1.82) is 0 Å². The second-order valence-corrected chi connectivity index (χ2v) is 9.59. The van der Waals surface area contributed by atoms with Crippen LogP contribution in [0.15, 0.2) is 42.7 Å². The van der Waals surface area contributed by atoms with Gasteiger partial charge in [-0.2, -0.15) is 0 Å². The van der Waals surface area contributed by atoms with Gasteiger partial charge in [0.05, 0.1) is 23.9 Å². The van der Waals surface area contributed by atoms with Gasteiger partial charge in [-0.15, -0.1) is 0 Å². The summed E-state index contributed by atoms with van der Waals surface area (Å²) in [6.45, 7) is 3.56. The Hall–Kier alpha value is -4.40. The van der Waals surface area contributed by atoms with Crippen molar-refractivity contribution in [3.8, 4) is 11.1 Å². The molecule has 1 amide bonds. The van der Waals surface area contributed by atoms with E-state index in [2.05, 4.69) is 20.3 Å². The Balaban J connectivity index is 1.66. The number of esters is 1. The quantitative estimate of drug-likeness (QED) is 0.316. The number of methoxy groups -OCH3 is 1.